The third-order valence-corrected chi connectivity index (χ3v) is 2.91. The van der Waals surface area contributed by atoms with Gasteiger partial charge in [-0.1, -0.05) is 29.7 Å². The maximum absolute atomic E-state index is 12.8. The average molecular weight is 292 g/mol. The van der Waals surface area contributed by atoms with Crippen LogP contribution in [0.2, 0.25) is 5.02 Å². The Balaban J connectivity index is 2.21. The predicted octanol–water partition coefficient (Wildman–Crippen LogP) is 2.28. The summed E-state index contributed by atoms with van der Waals surface area (Å²) in [5.41, 5.74) is 0.654. The molecule has 0 fully saturated rings. The highest BCUT2D eigenvalue weighted by Gasteiger charge is 2.09. The number of hydrogen-bond acceptors (Lipinski definition) is 3. The molecule has 0 radical (unpaired) electrons. The highest BCUT2D eigenvalue weighted by Crippen LogP contribution is 2.16. The fourth-order valence-corrected chi connectivity index (χ4v) is 1.81. The molecule has 2 aromatic rings. The van der Waals surface area contributed by atoms with Crippen molar-refractivity contribution < 1.29 is 4.39 Å². The van der Waals surface area contributed by atoms with E-state index in [1.807, 2.05) is 0 Å². The molecule has 0 saturated heterocycles. The van der Waals surface area contributed by atoms with Gasteiger partial charge in [0.1, 0.15) is 18.0 Å². The van der Waals surface area contributed by atoms with E-state index in [1.54, 1.807) is 12.1 Å². The van der Waals surface area contributed by atoms with Gasteiger partial charge in [-0.25, -0.2) is 9.07 Å². The number of terminal acetylenes is 1. The maximum Gasteiger partial charge on any atom is 0.292 e. The van der Waals surface area contributed by atoms with Crippen molar-refractivity contribution in [3.05, 3.63) is 57.2 Å². The van der Waals surface area contributed by atoms with Crippen molar-refractivity contribution in [2.24, 2.45) is 0 Å². The molecule has 0 spiro atoms. The minimum absolute atomic E-state index is 0.0707. The minimum Gasteiger partial charge on any atom is -0.375 e. The Morgan fingerprint density at radius 1 is 1.40 bits per heavy atom. The molecule has 20 heavy (non-hydrogen) atoms. The van der Waals surface area contributed by atoms with Gasteiger partial charge in [0.05, 0.1) is 11.2 Å². The first kappa shape index (κ1) is 14.1. The van der Waals surface area contributed by atoms with Crippen molar-refractivity contribution in [2.75, 3.05) is 5.32 Å². The molecule has 1 N–H and O–H groups in total. The standard InChI is InChI=1S/C14H11ClFN3O/c1-2-7-19-14(20)13(12(15)9-18-19)17-8-10-3-5-11(16)6-4-10/h1,3-6,9,17H,7-8H2. The summed E-state index contributed by atoms with van der Waals surface area (Å²) in [5, 5.41) is 6.97. The average Bonchev–Trinajstić information content (AvgIpc) is 2.44. The summed E-state index contributed by atoms with van der Waals surface area (Å²) in [5.74, 6) is 2.03. The number of hydrogen-bond donors (Lipinski definition) is 1. The van der Waals surface area contributed by atoms with Crippen LogP contribution in [0, 0.1) is 18.2 Å². The highest BCUT2D eigenvalue weighted by molar-refractivity contribution is 6.32. The predicted molar refractivity (Wildman–Crippen MR) is 76.1 cm³/mol. The largest absolute Gasteiger partial charge is 0.375 e. The van der Waals surface area contributed by atoms with Crippen LogP contribution in [0.3, 0.4) is 0 Å². The van der Waals surface area contributed by atoms with Crippen LogP contribution in [0.25, 0.3) is 0 Å². The molecule has 0 aliphatic heterocycles. The Morgan fingerprint density at radius 2 is 2.10 bits per heavy atom. The lowest BCUT2D eigenvalue weighted by Crippen LogP contribution is -2.25. The fraction of sp³-hybridized carbons (Fsp3) is 0.143. The summed E-state index contributed by atoms with van der Waals surface area (Å²) in [6, 6.07) is 5.94. The Kier molecular flexibility index (Phi) is 4.38. The number of anilines is 1. The molecule has 0 unspecified atom stereocenters. The molecule has 0 aliphatic rings. The van der Waals surface area contributed by atoms with E-state index < -0.39 is 5.56 Å². The molecule has 0 atom stereocenters. The van der Waals surface area contributed by atoms with Crippen molar-refractivity contribution in [2.45, 2.75) is 13.1 Å². The molecule has 102 valence electrons. The van der Waals surface area contributed by atoms with Gasteiger partial charge < -0.3 is 5.32 Å². The van der Waals surface area contributed by atoms with Gasteiger partial charge in [-0.15, -0.1) is 6.42 Å². The maximum atomic E-state index is 12.8. The van der Waals surface area contributed by atoms with Crippen LogP contribution in [0.15, 0.2) is 35.3 Å². The number of halogens is 2. The first-order valence-corrected chi connectivity index (χ1v) is 6.17. The number of rotatable bonds is 4. The van der Waals surface area contributed by atoms with Crippen molar-refractivity contribution >= 4 is 17.3 Å². The summed E-state index contributed by atoms with van der Waals surface area (Å²) in [6.45, 7) is 0.413. The topological polar surface area (TPSA) is 46.9 Å². The van der Waals surface area contributed by atoms with E-state index in [0.717, 1.165) is 10.2 Å². The van der Waals surface area contributed by atoms with Crippen LogP contribution >= 0.6 is 11.6 Å². The first-order valence-electron chi connectivity index (χ1n) is 5.79. The van der Waals surface area contributed by atoms with Gasteiger partial charge in [-0.2, -0.15) is 5.10 Å². The van der Waals surface area contributed by atoms with Gasteiger partial charge in [-0.05, 0) is 17.7 Å². The number of aromatic nitrogens is 2. The van der Waals surface area contributed by atoms with Crippen LogP contribution in [-0.4, -0.2) is 9.78 Å². The second-order valence-electron chi connectivity index (χ2n) is 4.01. The summed E-state index contributed by atoms with van der Waals surface area (Å²) in [4.78, 5) is 12.1. The summed E-state index contributed by atoms with van der Waals surface area (Å²) in [7, 11) is 0. The minimum atomic E-state index is -0.391. The Hall–Kier alpha value is -2.32. The highest BCUT2D eigenvalue weighted by atomic mass is 35.5. The van der Waals surface area contributed by atoms with Gasteiger partial charge in [0.2, 0.25) is 0 Å². The molecule has 0 aliphatic carbocycles. The summed E-state index contributed by atoms with van der Waals surface area (Å²) in [6.07, 6.45) is 6.51. The van der Waals surface area contributed by atoms with E-state index >= 15 is 0 Å². The SMILES string of the molecule is C#CCn1ncc(Cl)c(NCc2ccc(F)cc2)c1=O. The fourth-order valence-electron chi connectivity index (χ4n) is 1.62. The molecule has 0 bridgehead atoms. The lowest BCUT2D eigenvalue weighted by atomic mass is 10.2. The van der Waals surface area contributed by atoms with E-state index in [-0.39, 0.29) is 23.1 Å². The van der Waals surface area contributed by atoms with E-state index in [1.165, 1.54) is 18.3 Å². The van der Waals surface area contributed by atoms with Crippen LogP contribution in [0.1, 0.15) is 5.56 Å². The second kappa shape index (κ2) is 6.22. The molecule has 1 aromatic carbocycles. The van der Waals surface area contributed by atoms with Gasteiger partial charge in [0.25, 0.3) is 5.56 Å². The smallest absolute Gasteiger partial charge is 0.292 e. The van der Waals surface area contributed by atoms with Crippen molar-refractivity contribution in [3.8, 4) is 12.3 Å². The van der Waals surface area contributed by atoms with Crippen LogP contribution in [0.4, 0.5) is 10.1 Å². The summed E-state index contributed by atoms with van der Waals surface area (Å²) < 4.78 is 13.9. The molecular weight excluding hydrogens is 281 g/mol. The zero-order chi connectivity index (χ0) is 14.5. The lowest BCUT2D eigenvalue weighted by molar-refractivity contribution is 0.627. The van der Waals surface area contributed by atoms with E-state index in [4.69, 9.17) is 18.0 Å². The number of benzene rings is 1. The molecule has 4 nitrogen and oxygen atoms in total. The number of nitrogens with one attached hydrogen (secondary N) is 1. The third-order valence-electron chi connectivity index (χ3n) is 2.62. The third kappa shape index (κ3) is 3.16. The normalized spacial score (nSPS) is 10.1. The van der Waals surface area contributed by atoms with E-state index in [0.29, 0.717) is 6.54 Å². The molecule has 0 saturated carbocycles. The van der Waals surface area contributed by atoms with E-state index in [9.17, 15) is 9.18 Å². The second-order valence-corrected chi connectivity index (χ2v) is 4.42. The first-order chi connectivity index (χ1) is 9.61. The molecule has 2 rings (SSSR count). The van der Waals surface area contributed by atoms with Crippen molar-refractivity contribution in [1.82, 2.24) is 9.78 Å². The van der Waals surface area contributed by atoms with Crippen LogP contribution < -0.4 is 10.9 Å². The van der Waals surface area contributed by atoms with E-state index in [2.05, 4.69) is 16.3 Å². The Bertz CT molecular complexity index is 704. The summed E-state index contributed by atoms with van der Waals surface area (Å²) >= 11 is 5.94. The van der Waals surface area contributed by atoms with Crippen LogP contribution in [-0.2, 0) is 13.1 Å². The van der Waals surface area contributed by atoms with Gasteiger partial charge in [0, 0.05) is 6.54 Å². The monoisotopic (exact) mass is 291 g/mol. The van der Waals surface area contributed by atoms with Gasteiger partial charge in [0.15, 0.2) is 0 Å². The number of nitrogens with zero attached hydrogens (tertiary/aromatic N) is 2. The molecular formula is C14H11ClFN3O. The molecule has 6 heteroatoms. The van der Waals surface area contributed by atoms with Crippen molar-refractivity contribution in [3.63, 3.8) is 0 Å². The van der Waals surface area contributed by atoms with Gasteiger partial charge >= 0.3 is 0 Å². The Morgan fingerprint density at radius 3 is 2.75 bits per heavy atom. The van der Waals surface area contributed by atoms with Crippen LogP contribution in [0.5, 0.6) is 0 Å². The van der Waals surface area contributed by atoms with Crippen molar-refractivity contribution in [1.29, 1.82) is 0 Å². The molecule has 1 heterocycles. The molecule has 0 amide bonds. The Labute approximate surface area is 120 Å². The lowest BCUT2D eigenvalue weighted by Gasteiger charge is -2.09. The molecule has 1 aromatic heterocycles. The zero-order valence-electron chi connectivity index (χ0n) is 10.4. The quantitative estimate of drug-likeness (QED) is 0.879. The zero-order valence-corrected chi connectivity index (χ0v) is 11.2. The van der Waals surface area contributed by atoms with Gasteiger partial charge in [-0.3, -0.25) is 4.79 Å².